The molecule has 1 amide bonds. The van der Waals surface area contributed by atoms with E-state index >= 15 is 0 Å². The fourth-order valence-electron chi connectivity index (χ4n) is 4.36. The molecule has 0 aliphatic carbocycles. The molecule has 3 heterocycles. The summed E-state index contributed by atoms with van der Waals surface area (Å²) in [5.74, 6) is -0.393. The minimum absolute atomic E-state index is 0.245. The summed E-state index contributed by atoms with van der Waals surface area (Å²) in [6.07, 6.45) is 3.07. The van der Waals surface area contributed by atoms with Crippen LogP contribution in [0.25, 0.3) is 34.2 Å². The lowest BCUT2D eigenvalue weighted by molar-refractivity contribution is 0.0950. The average Bonchev–Trinajstić information content (AvgIpc) is 3.75. The van der Waals surface area contributed by atoms with Gasteiger partial charge < -0.3 is 5.32 Å². The molecule has 3 N–H and O–H groups in total. The lowest BCUT2D eigenvalue weighted by atomic mass is 10.1. The van der Waals surface area contributed by atoms with Gasteiger partial charge in [-0.25, -0.2) is 14.3 Å². The summed E-state index contributed by atoms with van der Waals surface area (Å²) in [5.41, 5.74) is 3.16. The van der Waals surface area contributed by atoms with Gasteiger partial charge in [-0.3, -0.25) is 13.9 Å². The SMILES string of the molecule is O=C(NCc1ccccc1)c1cc(-c2cn(-c3ccc(S(=O)(=O)O)cc3)nn2)nc(-c2cn(-c3ccc(S(=O)(=O)O)cc3)nn2)c1. The van der Waals surface area contributed by atoms with E-state index in [2.05, 4.69) is 30.9 Å². The summed E-state index contributed by atoms with van der Waals surface area (Å²) >= 11 is 0. The van der Waals surface area contributed by atoms with Gasteiger partial charge in [0.25, 0.3) is 26.1 Å². The van der Waals surface area contributed by atoms with Crippen LogP contribution in [0.3, 0.4) is 0 Å². The first-order chi connectivity index (χ1) is 21.9. The molecule has 6 aromatic rings. The molecule has 15 nitrogen and oxygen atoms in total. The zero-order chi connectivity index (χ0) is 32.5. The minimum Gasteiger partial charge on any atom is -0.348 e. The molecule has 0 fully saturated rings. The molecule has 0 spiro atoms. The molecule has 3 aromatic heterocycles. The van der Waals surface area contributed by atoms with E-state index in [-0.39, 0.29) is 44.7 Å². The number of benzene rings is 3. The summed E-state index contributed by atoms with van der Waals surface area (Å²) in [6.45, 7) is 0.276. The number of carbonyl (C=O) groups is 1. The van der Waals surface area contributed by atoms with Crippen molar-refractivity contribution < 1.29 is 30.7 Å². The smallest absolute Gasteiger partial charge is 0.294 e. The summed E-state index contributed by atoms with van der Waals surface area (Å²) in [5, 5.41) is 19.4. The Balaban J connectivity index is 1.35. The van der Waals surface area contributed by atoms with Crippen molar-refractivity contribution in [2.75, 3.05) is 0 Å². The van der Waals surface area contributed by atoms with E-state index in [9.17, 15) is 30.7 Å². The molecule has 0 aliphatic rings. The molecular formula is C29H22N8O7S2. The number of carbonyl (C=O) groups excluding carboxylic acids is 1. The lowest BCUT2D eigenvalue weighted by Gasteiger charge is -2.08. The Morgan fingerprint density at radius 2 is 1.11 bits per heavy atom. The maximum atomic E-state index is 13.3. The number of nitrogens with one attached hydrogen (secondary N) is 1. The van der Waals surface area contributed by atoms with Crippen LogP contribution in [0, 0.1) is 0 Å². The largest absolute Gasteiger partial charge is 0.348 e. The third kappa shape index (κ3) is 6.71. The number of nitrogens with zero attached hydrogens (tertiary/aromatic N) is 7. The van der Waals surface area contributed by atoms with Crippen LogP contribution in [0.4, 0.5) is 0 Å². The zero-order valence-corrected chi connectivity index (χ0v) is 25.0. The molecular weight excluding hydrogens is 637 g/mol. The van der Waals surface area contributed by atoms with Gasteiger partial charge in [0.15, 0.2) is 0 Å². The Labute approximate surface area is 261 Å². The maximum absolute atomic E-state index is 13.3. The second kappa shape index (κ2) is 12.1. The van der Waals surface area contributed by atoms with E-state index in [0.29, 0.717) is 11.4 Å². The highest BCUT2D eigenvalue weighted by Crippen LogP contribution is 2.25. The monoisotopic (exact) mass is 658 g/mol. The maximum Gasteiger partial charge on any atom is 0.294 e. The standard InChI is InChI=1S/C29H22N8O7S2/c38-29(30-16-19-4-2-1-3-5-19)20-14-25(27-17-36(34-32-27)21-6-10-23(11-7-21)45(39,40)41)31-26(15-20)28-18-37(35-33-28)22-8-12-24(13-9-22)46(42,43)44/h1-15,17-18H,16H2,(H,30,38)(H,39,40,41)(H,42,43,44). The molecule has 0 atom stereocenters. The third-order valence-electron chi connectivity index (χ3n) is 6.69. The van der Waals surface area contributed by atoms with E-state index in [1.165, 1.54) is 82.4 Å². The molecule has 46 heavy (non-hydrogen) atoms. The van der Waals surface area contributed by atoms with E-state index in [1.807, 2.05) is 30.3 Å². The second-order valence-electron chi connectivity index (χ2n) is 9.83. The predicted molar refractivity (Wildman–Crippen MR) is 162 cm³/mol. The normalized spacial score (nSPS) is 11.8. The Bertz CT molecular complexity index is 2140. The zero-order valence-electron chi connectivity index (χ0n) is 23.4. The summed E-state index contributed by atoms with van der Waals surface area (Å²) in [7, 11) is -8.74. The van der Waals surface area contributed by atoms with Crippen molar-refractivity contribution in [3.8, 4) is 34.2 Å². The minimum atomic E-state index is -4.37. The van der Waals surface area contributed by atoms with Crippen LogP contribution in [0.2, 0.25) is 0 Å². The Morgan fingerprint density at radius 1 is 0.652 bits per heavy atom. The van der Waals surface area contributed by atoms with Crippen molar-refractivity contribution in [1.29, 1.82) is 0 Å². The molecule has 0 saturated heterocycles. The summed E-state index contributed by atoms with van der Waals surface area (Å²) in [4.78, 5) is 17.4. The summed E-state index contributed by atoms with van der Waals surface area (Å²) < 4.78 is 66.9. The molecule has 0 aliphatic heterocycles. The number of hydrogen-bond donors (Lipinski definition) is 3. The fourth-order valence-corrected chi connectivity index (χ4v) is 5.32. The number of amides is 1. The number of pyridine rings is 1. The molecule has 0 unspecified atom stereocenters. The topological polar surface area (TPSA) is 212 Å². The van der Waals surface area contributed by atoms with E-state index in [1.54, 1.807) is 0 Å². The van der Waals surface area contributed by atoms with E-state index < -0.39 is 26.1 Å². The molecule has 6 rings (SSSR count). The molecule has 232 valence electrons. The molecule has 3 aromatic carbocycles. The van der Waals surface area contributed by atoms with E-state index in [4.69, 9.17) is 0 Å². The van der Waals surface area contributed by atoms with Crippen LogP contribution in [-0.2, 0) is 26.8 Å². The Kier molecular flexibility index (Phi) is 7.97. The van der Waals surface area contributed by atoms with Gasteiger partial charge in [-0.1, -0.05) is 40.8 Å². The molecule has 0 bridgehead atoms. The van der Waals surface area contributed by atoms with Gasteiger partial charge in [-0.15, -0.1) is 10.2 Å². The number of aromatic nitrogens is 7. The van der Waals surface area contributed by atoms with Crippen molar-refractivity contribution in [3.05, 3.63) is 115 Å². The number of rotatable bonds is 9. The number of hydrogen-bond acceptors (Lipinski definition) is 10. The fraction of sp³-hybridized carbons (Fsp3) is 0.0345. The van der Waals surface area contributed by atoms with Gasteiger partial charge in [0.1, 0.15) is 11.4 Å². The van der Waals surface area contributed by atoms with Crippen LogP contribution in [0.5, 0.6) is 0 Å². The van der Waals surface area contributed by atoms with Gasteiger partial charge in [0.05, 0.1) is 44.9 Å². The van der Waals surface area contributed by atoms with Crippen LogP contribution in [-0.4, -0.2) is 66.8 Å². The predicted octanol–water partition coefficient (Wildman–Crippen LogP) is 3.00. The first-order valence-electron chi connectivity index (χ1n) is 13.3. The highest BCUT2D eigenvalue weighted by atomic mass is 32.2. The van der Waals surface area contributed by atoms with Crippen molar-refractivity contribution in [2.24, 2.45) is 0 Å². The first-order valence-corrected chi connectivity index (χ1v) is 16.2. The first kappa shape index (κ1) is 30.4. The van der Waals surface area contributed by atoms with Crippen LogP contribution < -0.4 is 5.32 Å². The van der Waals surface area contributed by atoms with Crippen molar-refractivity contribution >= 4 is 26.1 Å². The van der Waals surface area contributed by atoms with Gasteiger partial charge in [0, 0.05) is 12.1 Å². The highest BCUT2D eigenvalue weighted by Gasteiger charge is 2.18. The Morgan fingerprint density at radius 3 is 1.54 bits per heavy atom. The second-order valence-corrected chi connectivity index (χ2v) is 12.7. The van der Waals surface area contributed by atoms with Crippen molar-refractivity contribution in [3.63, 3.8) is 0 Å². The van der Waals surface area contributed by atoms with Gasteiger partial charge >= 0.3 is 0 Å². The highest BCUT2D eigenvalue weighted by molar-refractivity contribution is 7.86. The van der Waals surface area contributed by atoms with Crippen molar-refractivity contribution in [1.82, 2.24) is 40.3 Å². The van der Waals surface area contributed by atoms with Gasteiger partial charge in [0.2, 0.25) is 0 Å². The molecule has 0 saturated carbocycles. The summed E-state index contributed by atoms with van der Waals surface area (Å²) in [6, 6.07) is 23.1. The molecule has 0 radical (unpaired) electrons. The van der Waals surface area contributed by atoms with Gasteiger partial charge in [-0.2, -0.15) is 16.8 Å². The quantitative estimate of drug-likeness (QED) is 0.191. The Hall–Kier alpha value is -5.62. The lowest BCUT2D eigenvalue weighted by Crippen LogP contribution is -2.23. The van der Waals surface area contributed by atoms with E-state index in [0.717, 1.165) is 5.56 Å². The van der Waals surface area contributed by atoms with Crippen LogP contribution in [0.1, 0.15) is 15.9 Å². The van der Waals surface area contributed by atoms with Crippen LogP contribution >= 0.6 is 0 Å². The third-order valence-corrected chi connectivity index (χ3v) is 8.43. The average molecular weight is 659 g/mol. The van der Waals surface area contributed by atoms with Crippen molar-refractivity contribution in [2.45, 2.75) is 16.3 Å². The van der Waals surface area contributed by atoms with Crippen LogP contribution in [0.15, 0.2) is 113 Å². The molecule has 17 heteroatoms. The van der Waals surface area contributed by atoms with Gasteiger partial charge in [-0.05, 0) is 66.2 Å².